The van der Waals surface area contributed by atoms with E-state index in [4.69, 9.17) is 5.73 Å². The van der Waals surface area contributed by atoms with Crippen molar-refractivity contribution in [1.82, 2.24) is 4.98 Å². The standard InChI is InChI=1S/C12H14BrN3/c1-7(2)16-11-4-3-10(14)9-5-8(13)6-15-12(9)11/h3-7,16H,14H2,1-2H3. The van der Waals surface area contributed by atoms with E-state index in [1.54, 1.807) is 6.20 Å². The van der Waals surface area contributed by atoms with Crippen LogP contribution in [0.25, 0.3) is 10.9 Å². The molecule has 0 bridgehead atoms. The highest BCUT2D eigenvalue weighted by Crippen LogP contribution is 2.29. The predicted molar refractivity (Wildman–Crippen MR) is 72.6 cm³/mol. The number of aromatic nitrogens is 1. The lowest BCUT2D eigenvalue weighted by Crippen LogP contribution is -2.10. The Labute approximate surface area is 103 Å². The summed E-state index contributed by atoms with van der Waals surface area (Å²) < 4.78 is 0.938. The highest BCUT2D eigenvalue weighted by Gasteiger charge is 2.06. The first kappa shape index (κ1) is 11.2. The fraction of sp³-hybridized carbons (Fsp3) is 0.250. The number of rotatable bonds is 2. The molecule has 84 valence electrons. The number of halogens is 1. The average Bonchev–Trinajstić information content (AvgIpc) is 2.22. The molecule has 1 heterocycles. The second-order valence-corrected chi connectivity index (χ2v) is 4.97. The van der Waals surface area contributed by atoms with Crippen molar-refractivity contribution in [2.45, 2.75) is 19.9 Å². The first-order chi connectivity index (χ1) is 7.58. The number of hydrogen-bond acceptors (Lipinski definition) is 3. The summed E-state index contributed by atoms with van der Waals surface area (Å²) in [6.07, 6.45) is 1.78. The number of anilines is 2. The van der Waals surface area contributed by atoms with Crippen molar-refractivity contribution in [1.29, 1.82) is 0 Å². The minimum absolute atomic E-state index is 0.372. The molecule has 0 atom stereocenters. The van der Waals surface area contributed by atoms with Gasteiger partial charge in [-0.1, -0.05) is 0 Å². The summed E-state index contributed by atoms with van der Waals surface area (Å²) in [5.74, 6) is 0. The van der Waals surface area contributed by atoms with Gasteiger partial charge in [-0.25, -0.2) is 0 Å². The molecule has 1 aromatic carbocycles. The Morgan fingerprint density at radius 2 is 2.12 bits per heavy atom. The normalized spacial score (nSPS) is 11.0. The largest absolute Gasteiger partial charge is 0.398 e. The Balaban J connectivity index is 2.64. The van der Waals surface area contributed by atoms with Gasteiger partial charge in [0.15, 0.2) is 0 Å². The molecular weight excluding hydrogens is 266 g/mol. The van der Waals surface area contributed by atoms with Crippen molar-refractivity contribution in [2.75, 3.05) is 11.1 Å². The molecule has 0 saturated carbocycles. The second-order valence-electron chi connectivity index (χ2n) is 4.05. The summed E-state index contributed by atoms with van der Waals surface area (Å²) in [7, 11) is 0. The number of fused-ring (bicyclic) bond motifs is 1. The number of nitrogens with one attached hydrogen (secondary N) is 1. The van der Waals surface area contributed by atoms with Crippen molar-refractivity contribution >= 4 is 38.2 Å². The first-order valence-electron chi connectivity index (χ1n) is 5.18. The Hall–Kier alpha value is -1.29. The molecule has 0 spiro atoms. The molecule has 0 radical (unpaired) electrons. The third-order valence-electron chi connectivity index (χ3n) is 2.29. The number of nitrogens with two attached hydrogens (primary N) is 1. The SMILES string of the molecule is CC(C)Nc1ccc(N)c2cc(Br)cnc12. The number of nitrogens with zero attached hydrogens (tertiary/aromatic N) is 1. The van der Waals surface area contributed by atoms with Crippen LogP contribution in [0.4, 0.5) is 11.4 Å². The quantitative estimate of drug-likeness (QED) is 0.829. The summed E-state index contributed by atoms with van der Waals surface area (Å²) in [6.45, 7) is 4.20. The molecule has 2 rings (SSSR count). The van der Waals surface area contributed by atoms with E-state index in [1.165, 1.54) is 0 Å². The van der Waals surface area contributed by atoms with E-state index in [2.05, 4.69) is 40.1 Å². The Morgan fingerprint density at radius 3 is 2.81 bits per heavy atom. The van der Waals surface area contributed by atoms with Gasteiger partial charge in [0.05, 0.1) is 11.2 Å². The minimum atomic E-state index is 0.372. The van der Waals surface area contributed by atoms with Crippen LogP contribution in [0.1, 0.15) is 13.8 Å². The molecule has 0 saturated heterocycles. The van der Waals surface area contributed by atoms with Crippen LogP contribution in [0, 0.1) is 0 Å². The molecule has 0 aliphatic rings. The van der Waals surface area contributed by atoms with Crippen molar-refractivity contribution < 1.29 is 0 Å². The van der Waals surface area contributed by atoms with E-state index in [-0.39, 0.29) is 0 Å². The number of pyridine rings is 1. The molecule has 0 aliphatic heterocycles. The summed E-state index contributed by atoms with van der Waals surface area (Å²) in [4.78, 5) is 4.41. The van der Waals surface area contributed by atoms with Crippen molar-refractivity contribution in [2.24, 2.45) is 0 Å². The second kappa shape index (κ2) is 4.29. The average molecular weight is 280 g/mol. The molecule has 3 nitrogen and oxygen atoms in total. The fourth-order valence-electron chi connectivity index (χ4n) is 1.64. The molecule has 0 amide bonds. The van der Waals surface area contributed by atoms with E-state index < -0.39 is 0 Å². The van der Waals surface area contributed by atoms with Gasteiger partial charge in [0.1, 0.15) is 0 Å². The maximum Gasteiger partial charge on any atom is 0.0954 e. The van der Waals surface area contributed by atoms with Crippen LogP contribution in [-0.4, -0.2) is 11.0 Å². The van der Waals surface area contributed by atoms with Gasteiger partial charge in [0.25, 0.3) is 0 Å². The lowest BCUT2D eigenvalue weighted by molar-refractivity contribution is 0.901. The maximum absolute atomic E-state index is 5.94. The molecule has 0 aliphatic carbocycles. The number of benzene rings is 1. The van der Waals surface area contributed by atoms with E-state index >= 15 is 0 Å². The minimum Gasteiger partial charge on any atom is -0.398 e. The zero-order valence-electron chi connectivity index (χ0n) is 9.29. The van der Waals surface area contributed by atoms with Gasteiger partial charge in [-0.3, -0.25) is 4.98 Å². The highest BCUT2D eigenvalue weighted by atomic mass is 79.9. The smallest absolute Gasteiger partial charge is 0.0954 e. The topological polar surface area (TPSA) is 50.9 Å². The van der Waals surface area contributed by atoms with Crippen molar-refractivity contribution in [3.63, 3.8) is 0 Å². The van der Waals surface area contributed by atoms with Crippen LogP contribution < -0.4 is 11.1 Å². The highest BCUT2D eigenvalue weighted by molar-refractivity contribution is 9.10. The van der Waals surface area contributed by atoms with Crippen molar-refractivity contribution in [3.8, 4) is 0 Å². The maximum atomic E-state index is 5.94. The zero-order valence-corrected chi connectivity index (χ0v) is 10.9. The predicted octanol–water partition coefficient (Wildman–Crippen LogP) is 3.40. The Bertz CT molecular complexity index is 523. The van der Waals surface area contributed by atoms with Crippen molar-refractivity contribution in [3.05, 3.63) is 28.9 Å². The van der Waals surface area contributed by atoms with Crippen LogP contribution in [0.5, 0.6) is 0 Å². The first-order valence-corrected chi connectivity index (χ1v) is 5.97. The van der Waals surface area contributed by atoms with Crippen LogP contribution in [0.15, 0.2) is 28.9 Å². The van der Waals surface area contributed by atoms with Gasteiger partial charge in [0.2, 0.25) is 0 Å². The third-order valence-corrected chi connectivity index (χ3v) is 2.73. The van der Waals surface area contributed by atoms with Gasteiger partial charge in [0, 0.05) is 27.8 Å². The van der Waals surface area contributed by atoms with E-state index in [1.807, 2.05) is 18.2 Å². The molecule has 1 aromatic heterocycles. The van der Waals surface area contributed by atoms with Crippen LogP contribution in [-0.2, 0) is 0 Å². The zero-order chi connectivity index (χ0) is 11.7. The summed E-state index contributed by atoms with van der Waals surface area (Å²) in [5, 5.41) is 4.33. The van der Waals surface area contributed by atoms with Gasteiger partial charge < -0.3 is 11.1 Å². The molecule has 0 fully saturated rings. The molecule has 4 heteroatoms. The van der Waals surface area contributed by atoms with E-state index in [0.717, 1.165) is 26.8 Å². The lowest BCUT2D eigenvalue weighted by atomic mass is 10.1. The van der Waals surface area contributed by atoms with E-state index in [9.17, 15) is 0 Å². The third kappa shape index (κ3) is 2.11. The molecule has 2 aromatic rings. The summed E-state index contributed by atoms with van der Waals surface area (Å²) in [5.41, 5.74) is 8.62. The fourth-order valence-corrected chi connectivity index (χ4v) is 1.97. The lowest BCUT2D eigenvalue weighted by Gasteiger charge is -2.13. The van der Waals surface area contributed by atoms with Gasteiger partial charge in [-0.2, -0.15) is 0 Å². The molecule has 0 unspecified atom stereocenters. The number of hydrogen-bond donors (Lipinski definition) is 2. The Kier molecular flexibility index (Phi) is 3.01. The molecule has 3 N–H and O–H groups in total. The van der Waals surface area contributed by atoms with Crippen LogP contribution in [0.2, 0.25) is 0 Å². The molecular formula is C12H14BrN3. The van der Waals surface area contributed by atoms with Gasteiger partial charge in [-0.15, -0.1) is 0 Å². The summed E-state index contributed by atoms with van der Waals surface area (Å²) in [6, 6.07) is 6.24. The van der Waals surface area contributed by atoms with Crippen LogP contribution in [0.3, 0.4) is 0 Å². The molecule has 16 heavy (non-hydrogen) atoms. The summed E-state index contributed by atoms with van der Waals surface area (Å²) >= 11 is 3.40. The van der Waals surface area contributed by atoms with E-state index in [0.29, 0.717) is 6.04 Å². The Morgan fingerprint density at radius 1 is 1.38 bits per heavy atom. The monoisotopic (exact) mass is 279 g/mol. The number of nitrogen functional groups attached to an aromatic ring is 1. The van der Waals surface area contributed by atoms with Gasteiger partial charge >= 0.3 is 0 Å². The van der Waals surface area contributed by atoms with Crippen LogP contribution >= 0.6 is 15.9 Å². The van der Waals surface area contributed by atoms with Gasteiger partial charge in [-0.05, 0) is 48.0 Å².